The number of nitrogen functional groups attached to an aromatic ring is 1. The number of phenols is 1. The number of hydrogen-bond acceptors (Lipinski definition) is 4. The number of rotatable bonds is 4. The number of aryl methyl sites for hydroxylation is 1. The van der Waals surface area contributed by atoms with Gasteiger partial charge in [-0.25, -0.2) is 8.42 Å². The Kier molecular flexibility index (Phi) is 4.09. The van der Waals surface area contributed by atoms with Crippen molar-refractivity contribution in [2.24, 2.45) is 0 Å². The van der Waals surface area contributed by atoms with Gasteiger partial charge in [0.25, 0.3) is 10.0 Å². The topological polar surface area (TPSA) is 83.6 Å². The van der Waals surface area contributed by atoms with Crippen LogP contribution in [-0.2, 0) is 10.0 Å². The second-order valence-electron chi connectivity index (χ2n) is 4.73. The van der Waals surface area contributed by atoms with E-state index in [1.807, 2.05) is 6.92 Å². The third kappa shape index (κ3) is 2.95. The lowest BCUT2D eigenvalue weighted by Gasteiger charge is -2.23. The van der Waals surface area contributed by atoms with E-state index in [0.29, 0.717) is 5.69 Å². The van der Waals surface area contributed by atoms with Crippen LogP contribution in [-0.4, -0.2) is 20.1 Å². The van der Waals surface area contributed by atoms with Gasteiger partial charge in [0, 0.05) is 12.6 Å². The number of aromatic hydroxyl groups is 1. The lowest BCUT2D eigenvalue weighted by Crippen LogP contribution is -2.31. The molecule has 0 saturated carbocycles. The fourth-order valence-electron chi connectivity index (χ4n) is 2.16. The van der Waals surface area contributed by atoms with Crippen LogP contribution < -0.4 is 10.0 Å². The first-order valence-corrected chi connectivity index (χ1v) is 7.98. The zero-order valence-corrected chi connectivity index (χ0v) is 12.8. The van der Waals surface area contributed by atoms with E-state index >= 15 is 0 Å². The SMILES string of the molecule is CCN(c1cccc(O)c1)S(=O)(=O)c1ccc(C)cc1N. The normalized spacial score (nSPS) is 11.3. The van der Waals surface area contributed by atoms with E-state index in [9.17, 15) is 13.5 Å². The van der Waals surface area contributed by atoms with E-state index in [1.165, 1.54) is 22.5 Å². The maximum Gasteiger partial charge on any atom is 0.266 e. The van der Waals surface area contributed by atoms with Gasteiger partial charge in [-0.15, -0.1) is 0 Å². The van der Waals surface area contributed by atoms with Crippen molar-refractivity contribution in [1.29, 1.82) is 0 Å². The molecular weight excluding hydrogens is 288 g/mol. The Bertz CT molecular complexity index is 757. The van der Waals surface area contributed by atoms with E-state index in [1.54, 1.807) is 31.2 Å². The number of nitrogens with zero attached hydrogens (tertiary/aromatic N) is 1. The molecular formula is C15H18N2O3S. The monoisotopic (exact) mass is 306 g/mol. The van der Waals surface area contributed by atoms with Crippen molar-refractivity contribution < 1.29 is 13.5 Å². The molecule has 0 heterocycles. The summed E-state index contributed by atoms with van der Waals surface area (Å²) >= 11 is 0. The van der Waals surface area contributed by atoms with E-state index < -0.39 is 10.0 Å². The number of sulfonamides is 1. The Hall–Kier alpha value is -2.21. The first-order valence-electron chi connectivity index (χ1n) is 6.54. The van der Waals surface area contributed by atoms with Crippen molar-refractivity contribution in [3.63, 3.8) is 0 Å². The third-order valence-electron chi connectivity index (χ3n) is 3.14. The summed E-state index contributed by atoms with van der Waals surface area (Å²) in [4.78, 5) is 0.0679. The summed E-state index contributed by atoms with van der Waals surface area (Å²) in [5.41, 5.74) is 7.36. The second kappa shape index (κ2) is 5.65. The molecule has 0 saturated heterocycles. The summed E-state index contributed by atoms with van der Waals surface area (Å²) in [6.45, 7) is 3.81. The minimum absolute atomic E-state index is 0.0121. The largest absolute Gasteiger partial charge is 0.508 e. The Labute approximate surface area is 124 Å². The lowest BCUT2D eigenvalue weighted by molar-refractivity contribution is 0.475. The van der Waals surface area contributed by atoms with Crippen molar-refractivity contribution in [2.45, 2.75) is 18.7 Å². The summed E-state index contributed by atoms with van der Waals surface area (Å²) in [7, 11) is -3.77. The average Bonchev–Trinajstić information content (AvgIpc) is 2.38. The molecule has 6 heteroatoms. The highest BCUT2D eigenvalue weighted by Gasteiger charge is 2.25. The molecule has 0 spiro atoms. The fraction of sp³-hybridized carbons (Fsp3) is 0.200. The molecule has 0 aliphatic rings. The van der Waals surface area contributed by atoms with Gasteiger partial charge in [-0.2, -0.15) is 0 Å². The average molecular weight is 306 g/mol. The van der Waals surface area contributed by atoms with E-state index in [4.69, 9.17) is 5.73 Å². The van der Waals surface area contributed by atoms with Gasteiger partial charge >= 0.3 is 0 Å². The standard InChI is InChI=1S/C15H18N2O3S/c1-3-17(12-5-4-6-13(18)10-12)21(19,20)15-8-7-11(2)9-14(15)16/h4-10,18H,3,16H2,1-2H3. The van der Waals surface area contributed by atoms with Crippen molar-refractivity contribution in [3.8, 4) is 5.75 Å². The number of nitrogens with two attached hydrogens (primary N) is 1. The predicted molar refractivity (Wildman–Crippen MR) is 83.9 cm³/mol. The van der Waals surface area contributed by atoms with Gasteiger partial charge in [-0.1, -0.05) is 12.1 Å². The number of benzene rings is 2. The molecule has 2 aromatic carbocycles. The molecule has 3 N–H and O–H groups in total. The van der Waals surface area contributed by atoms with Crippen LogP contribution in [0.15, 0.2) is 47.4 Å². The van der Waals surface area contributed by atoms with Gasteiger partial charge in [-0.3, -0.25) is 4.31 Å². The van der Waals surface area contributed by atoms with Crippen LogP contribution in [0.5, 0.6) is 5.75 Å². The molecule has 0 unspecified atom stereocenters. The van der Waals surface area contributed by atoms with E-state index in [0.717, 1.165) is 5.56 Å². The molecule has 0 bridgehead atoms. The fourth-order valence-corrected chi connectivity index (χ4v) is 3.73. The van der Waals surface area contributed by atoms with Crippen LogP contribution in [0.2, 0.25) is 0 Å². The molecule has 112 valence electrons. The Morgan fingerprint density at radius 1 is 1.19 bits per heavy atom. The second-order valence-corrected chi connectivity index (χ2v) is 6.56. The summed E-state index contributed by atoms with van der Waals surface area (Å²) in [6.07, 6.45) is 0. The molecule has 0 aliphatic carbocycles. The van der Waals surface area contributed by atoms with Gasteiger partial charge < -0.3 is 10.8 Å². The molecule has 0 aromatic heterocycles. The van der Waals surface area contributed by atoms with Gasteiger partial charge in [0.05, 0.1) is 11.4 Å². The number of anilines is 2. The van der Waals surface area contributed by atoms with Crippen LogP contribution in [0.25, 0.3) is 0 Å². The molecule has 0 aliphatic heterocycles. The van der Waals surface area contributed by atoms with E-state index in [-0.39, 0.29) is 22.9 Å². The maximum atomic E-state index is 12.8. The first-order chi connectivity index (χ1) is 9.86. The maximum absolute atomic E-state index is 12.8. The van der Waals surface area contributed by atoms with Crippen molar-refractivity contribution in [3.05, 3.63) is 48.0 Å². The van der Waals surface area contributed by atoms with Crippen molar-refractivity contribution in [1.82, 2.24) is 0 Å². The predicted octanol–water partition coefficient (Wildman–Crippen LogP) is 2.50. The minimum atomic E-state index is -3.77. The molecule has 21 heavy (non-hydrogen) atoms. The zero-order valence-electron chi connectivity index (χ0n) is 11.9. The van der Waals surface area contributed by atoms with Crippen LogP contribution in [0.3, 0.4) is 0 Å². The Balaban J connectivity index is 2.54. The van der Waals surface area contributed by atoms with Crippen LogP contribution in [0, 0.1) is 6.92 Å². The summed E-state index contributed by atoms with van der Waals surface area (Å²) in [5.74, 6) is 0.0121. The smallest absolute Gasteiger partial charge is 0.266 e. The van der Waals surface area contributed by atoms with Crippen LogP contribution in [0.1, 0.15) is 12.5 Å². The van der Waals surface area contributed by atoms with Crippen LogP contribution in [0.4, 0.5) is 11.4 Å². The quantitative estimate of drug-likeness (QED) is 0.850. The van der Waals surface area contributed by atoms with Crippen molar-refractivity contribution in [2.75, 3.05) is 16.6 Å². The molecule has 0 radical (unpaired) electrons. The Morgan fingerprint density at radius 2 is 1.90 bits per heavy atom. The molecule has 5 nitrogen and oxygen atoms in total. The van der Waals surface area contributed by atoms with Gasteiger partial charge in [-0.05, 0) is 43.7 Å². The summed E-state index contributed by atoms with van der Waals surface area (Å²) < 4.78 is 26.8. The van der Waals surface area contributed by atoms with E-state index in [2.05, 4.69) is 0 Å². The highest BCUT2D eigenvalue weighted by Crippen LogP contribution is 2.29. The highest BCUT2D eigenvalue weighted by molar-refractivity contribution is 7.93. The third-order valence-corrected chi connectivity index (χ3v) is 5.12. The van der Waals surface area contributed by atoms with Gasteiger partial charge in [0.2, 0.25) is 0 Å². The molecule has 2 rings (SSSR count). The molecule has 0 atom stereocenters. The van der Waals surface area contributed by atoms with Crippen molar-refractivity contribution >= 4 is 21.4 Å². The summed E-state index contributed by atoms with van der Waals surface area (Å²) in [6, 6.07) is 11.0. The minimum Gasteiger partial charge on any atom is -0.508 e. The molecule has 0 fully saturated rings. The van der Waals surface area contributed by atoms with Gasteiger partial charge in [0.15, 0.2) is 0 Å². The zero-order chi connectivity index (χ0) is 15.6. The van der Waals surface area contributed by atoms with Crippen LogP contribution >= 0.6 is 0 Å². The first kappa shape index (κ1) is 15.2. The summed E-state index contributed by atoms with van der Waals surface area (Å²) in [5, 5.41) is 9.54. The Morgan fingerprint density at radius 3 is 2.48 bits per heavy atom. The highest BCUT2D eigenvalue weighted by atomic mass is 32.2. The number of phenolic OH excluding ortho intramolecular Hbond substituents is 1. The number of hydrogen-bond donors (Lipinski definition) is 2. The molecule has 2 aromatic rings. The molecule has 0 amide bonds. The van der Waals surface area contributed by atoms with Gasteiger partial charge in [0.1, 0.15) is 10.6 Å². The lowest BCUT2D eigenvalue weighted by atomic mass is 10.2.